The SMILES string of the molecule is Cc1cc(C(=O)N(CC(=O)Nc2cccc(C)c2C)CC2CCCO2)no1. The summed E-state index contributed by atoms with van der Waals surface area (Å²) in [4.78, 5) is 26.9. The number of anilines is 1. The number of aromatic nitrogens is 1. The molecular formula is C20H25N3O4. The third kappa shape index (κ3) is 4.74. The first-order chi connectivity index (χ1) is 12.9. The van der Waals surface area contributed by atoms with Crippen molar-refractivity contribution < 1.29 is 18.8 Å². The molecule has 2 heterocycles. The first-order valence-electron chi connectivity index (χ1n) is 9.14. The molecule has 1 N–H and O–H groups in total. The molecule has 1 saturated heterocycles. The van der Waals surface area contributed by atoms with Gasteiger partial charge in [0.1, 0.15) is 12.3 Å². The van der Waals surface area contributed by atoms with Crippen LogP contribution in [0.4, 0.5) is 5.69 Å². The monoisotopic (exact) mass is 371 g/mol. The molecule has 0 aliphatic carbocycles. The van der Waals surface area contributed by atoms with Crippen LogP contribution in [0.5, 0.6) is 0 Å². The van der Waals surface area contributed by atoms with Gasteiger partial charge in [-0.3, -0.25) is 9.59 Å². The van der Waals surface area contributed by atoms with Crippen LogP contribution in [0.1, 0.15) is 40.2 Å². The summed E-state index contributed by atoms with van der Waals surface area (Å²) in [6.07, 6.45) is 1.78. The highest BCUT2D eigenvalue weighted by molar-refractivity contribution is 5.98. The molecule has 1 fully saturated rings. The molecule has 144 valence electrons. The van der Waals surface area contributed by atoms with Crippen molar-refractivity contribution >= 4 is 17.5 Å². The number of hydrogen-bond acceptors (Lipinski definition) is 5. The minimum absolute atomic E-state index is 0.0598. The molecule has 27 heavy (non-hydrogen) atoms. The molecule has 1 aliphatic rings. The van der Waals surface area contributed by atoms with Gasteiger partial charge in [-0.05, 0) is 50.8 Å². The zero-order chi connectivity index (χ0) is 19.4. The van der Waals surface area contributed by atoms with Gasteiger partial charge in [-0.2, -0.15) is 0 Å². The second-order valence-corrected chi connectivity index (χ2v) is 6.94. The molecule has 2 amide bonds. The number of carbonyl (C=O) groups excluding carboxylic acids is 2. The van der Waals surface area contributed by atoms with Crippen LogP contribution >= 0.6 is 0 Å². The third-order valence-electron chi connectivity index (χ3n) is 4.80. The van der Waals surface area contributed by atoms with Gasteiger partial charge in [0.05, 0.1) is 6.10 Å². The summed E-state index contributed by atoms with van der Waals surface area (Å²) < 4.78 is 10.6. The van der Waals surface area contributed by atoms with E-state index in [1.165, 1.54) is 4.90 Å². The number of amides is 2. The summed E-state index contributed by atoms with van der Waals surface area (Å²) in [5, 5.41) is 6.69. The van der Waals surface area contributed by atoms with Gasteiger partial charge in [-0.25, -0.2) is 0 Å². The summed E-state index contributed by atoms with van der Waals surface area (Å²) in [7, 11) is 0. The predicted molar refractivity (Wildman–Crippen MR) is 101 cm³/mol. The lowest BCUT2D eigenvalue weighted by atomic mass is 10.1. The van der Waals surface area contributed by atoms with Gasteiger partial charge >= 0.3 is 0 Å². The lowest BCUT2D eigenvalue weighted by Gasteiger charge is -2.24. The maximum absolute atomic E-state index is 12.8. The normalized spacial score (nSPS) is 16.3. The molecule has 1 unspecified atom stereocenters. The predicted octanol–water partition coefficient (Wildman–Crippen LogP) is 2.86. The molecule has 1 aliphatic heterocycles. The average Bonchev–Trinajstić information content (AvgIpc) is 3.29. The molecule has 1 aromatic carbocycles. The van der Waals surface area contributed by atoms with E-state index in [0.29, 0.717) is 18.9 Å². The number of nitrogens with one attached hydrogen (secondary N) is 1. The van der Waals surface area contributed by atoms with Gasteiger partial charge in [0.2, 0.25) is 5.91 Å². The van der Waals surface area contributed by atoms with Crippen molar-refractivity contribution in [1.29, 1.82) is 0 Å². The van der Waals surface area contributed by atoms with Crippen molar-refractivity contribution in [2.45, 2.75) is 39.7 Å². The summed E-state index contributed by atoms with van der Waals surface area (Å²) >= 11 is 0. The minimum atomic E-state index is -0.335. The molecule has 0 bridgehead atoms. The van der Waals surface area contributed by atoms with Crippen molar-refractivity contribution in [2.75, 3.05) is 25.0 Å². The molecule has 7 heteroatoms. The first kappa shape index (κ1) is 19.1. The number of carbonyl (C=O) groups is 2. The number of benzene rings is 1. The van der Waals surface area contributed by atoms with Crippen LogP contribution in [0.2, 0.25) is 0 Å². The summed E-state index contributed by atoms with van der Waals surface area (Å²) in [5.41, 5.74) is 3.06. The topological polar surface area (TPSA) is 84.7 Å². The van der Waals surface area contributed by atoms with E-state index in [1.807, 2.05) is 32.0 Å². The Bertz CT molecular complexity index is 824. The minimum Gasteiger partial charge on any atom is -0.376 e. The Morgan fingerprint density at radius 1 is 1.30 bits per heavy atom. The van der Waals surface area contributed by atoms with Crippen molar-refractivity contribution in [1.82, 2.24) is 10.1 Å². The number of hydrogen-bond donors (Lipinski definition) is 1. The van der Waals surface area contributed by atoms with E-state index in [9.17, 15) is 9.59 Å². The zero-order valence-electron chi connectivity index (χ0n) is 15.9. The van der Waals surface area contributed by atoms with Crippen LogP contribution in [0, 0.1) is 20.8 Å². The molecule has 0 saturated carbocycles. The maximum Gasteiger partial charge on any atom is 0.276 e. The molecular weight excluding hydrogens is 346 g/mol. The first-order valence-corrected chi connectivity index (χ1v) is 9.14. The Morgan fingerprint density at radius 2 is 2.11 bits per heavy atom. The highest BCUT2D eigenvalue weighted by Crippen LogP contribution is 2.19. The molecule has 0 radical (unpaired) electrons. The second kappa shape index (κ2) is 8.35. The summed E-state index contributed by atoms with van der Waals surface area (Å²) in [5.74, 6) is -0.0380. The van der Waals surface area contributed by atoms with Crippen molar-refractivity contribution in [3.63, 3.8) is 0 Å². The summed E-state index contributed by atoms with van der Waals surface area (Å²) in [6, 6.07) is 7.32. The molecule has 7 nitrogen and oxygen atoms in total. The average molecular weight is 371 g/mol. The molecule has 1 atom stereocenters. The lowest BCUT2D eigenvalue weighted by molar-refractivity contribution is -0.117. The lowest BCUT2D eigenvalue weighted by Crippen LogP contribution is -2.42. The Morgan fingerprint density at radius 3 is 2.78 bits per heavy atom. The standard InChI is InChI=1S/C20H25N3O4/c1-13-6-4-8-17(15(13)3)21-19(24)12-23(11-16-7-5-9-26-16)20(25)18-10-14(2)27-22-18/h4,6,8,10,16H,5,7,9,11-12H2,1-3H3,(H,21,24). The smallest absolute Gasteiger partial charge is 0.276 e. The zero-order valence-corrected chi connectivity index (χ0v) is 15.9. The Balaban J connectivity index is 1.72. The van der Waals surface area contributed by atoms with Crippen LogP contribution in [-0.4, -0.2) is 47.7 Å². The van der Waals surface area contributed by atoms with Crippen molar-refractivity contribution in [2.24, 2.45) is 0 Å². The Hall–Kier alpha value is -2.67. The number of rotatable bonds is 6. The molecule has 0 spiro atoms. The van der Waals surface area contributed by atoms with E-state index in [-0.39, 0.29) is 30.2 Å². The van der Waals surface area contributed by atoms with E-state index in [2.05, 4.69) is 10.5 Å². The van der Waals surface area contributed by atoms with Crippen molar-refractivity contribution in [3.8, 4) is 0 Å². The Kier molecular flexibility index (Phi) is 5.91. The van der Waals surface area contributed by atoms with Gasteiger partial charge in [0, 0.05) is 24.9 Å². The van der Waals surface area contributed by atoms with Crippen LogP contribution in [0.3, 0.4) is 0 Å². The van der Waals surface area contributed by atoms with Crippen LogP contribution in [-0.2, 0) is 9.53 Å². The molecule has 2 aromatic rings. The highest BCUT2D eigenvalue weighted by Gasteiger charge is 2.27. The molecule has 1 aromatic heterocycles. The van der Waals surface area contributed by atoms with E-state index < -0.39 is 0 Å². The molecule has 3 rings (SSSR count). The van der Waals surface area contributed by atoms with Crippen LogP contribution in [0.25, 0.3) is 0 Å². The Labute approximate surface area is 158 Å². The third-order valence-corrected chi connectivity index (χ3v) is 4.80. The largest absolute Gasteiger partial charge is 0.376 e. The van der Waals surface area contributed by atoms with Crippen molar-refractivity contribution in [3.05, 3.63) is 46.8 Å². The fourth-order valence-corrected chi connectivity index (χ4v) is 3.13. The van der Waals surface area contributed by atoms with E-state index in [0.717, 1.165) is 29.7 Å². The van der Waals surface area contributed by atoms with Gasteiger partial charge in [-0.1, -0.05) is 17.3 Å². The summed E-state index contributed by atoms with van der Waals surface area (Å²) in [6.45, 7) is 6.64. The van der Waals surface area contributed by atoms with Gasteiger partial charge in [0.25, 0.3) is 5.91 Å². The number of aryl methyl sites for hydroxylation is 2. The van der Waals surface area contributed by atoms with Gasteiger partial charge in [0.15, 0.2) is 5.69 Å². The second-order valence-electron chi connectivity index (χ2n) is 6.94. The maximum atomic E-state index is 12.8. The van der Waals surface area contributed by atoms with E-state index in [4.69, 9.17) is 9.26 Å². The fourth-order valence-electron chi connectivity index (χ4n) is 3.13. The highest BCUT2D eigenvalue weighted by atomic mass is 16.5. The van der Waals surface area contributed by atoms with Crippen LogP contribution < -0.4 is 5.32 Å². The van der Waals surface area contributed by atoms with Gasteiger partial charge < -0.3 is 19.5 Å². The fraction of sp³-hybridized carbons (Fsp3) is 0.450. The number of nitrogens with zero attached hydrogens (tertiary/aromatic N) is 2. The van der Waals surface area contributed by atoms with Gasteiger partial charge in [-0.15, -0.1) is 0 Å². The number of ether oxygens (including phenoxy) is 1. The van der Waals surface area contributed by atoms with E-state index in [1.54, 1.807) is 13.0 Å². The van der Waals surface area contributed by atoms with E-state index >= 15 is 0 Å². The van der Waals surface area contributed by atoms with Crippen LogP contribution in [0.15, 0.2) is 28.8 Å². The quantitative estimate of drug-likeness (QED) is 0.844.